The van der Waals surface area contributed by atoms with Gasteiger partial charge in [-0.3, -0.25) is 9.36 Å². The molecule has 3 aromatic rings. The summed E-state index contributed by atoms with van der Waals surface area (Å²) in [7, 11) is 3.12. The van der Waals surface area contributed by atoms with Crippen LogP contribution < -0.4 is 33.8 Å². The molecule has 0 bridgehead atoms. The first-order chi connectivity index (χ1) is 18.9. The number of allylic oxidation sites excluding steroid dienone is 1. The molecule has 0 N–H and O–H groups in total. The van der Waals surface area contributed by atoms with Gasteiger partial charge in [-0.15, -0.1) is 0 Å². The van der Waals surface area contributed by atoms with Crippen molar-refractivity contribution < 1.29 is 28.5 Å². The van der Waals surface area contributed by atoms with E-state index in [4.69, 9.17) is 23.7 Å². The molecule has 2 heterocycles. The van der Waals surface area contributed by atoms with Gasteiger partial charge in [0.2, 0.25) is 0 Å². The summed E-state index contributed by atoms with van der Waals surface area (Å²) in [5.74, 6) is 1.59. The number of methoxy groups -OCH3 is 2. The number of esters is 1. The third-order valence-electron chi connectivity index (χ3n) is 6.11. The van der Waals surface area contributed by atoms with Crippen LogP contribution in [0.5, 0.6) is 23.0 Å². The summed E-state index contributed by atoms with van der Waals surface area (Å²) in [6, 6.07) is 10.0. The lowest BCUT2D eigenvalue weighted by Gasteiger charge is -2.26. The van der Waals surface area contributed by atoms with Crippen molar-refractivity contribution in [3.63, 3.8) is 0 Å². The maximum absolute atomic E-state index is 14.0. The fourth-order valence-electron chi connectivity index (χ4n) is 4.50. The summed E-state index contributed by atoms with van der Waals surface area (Å²) >= 11 is 1.24. The van der Waals surface area contributed by atoms with Gasteiger partial charge in [-0.2, -0.15) is 0 Å². The molecular weight excluding hydrogens is 520 g/mol. The SMILES string of the molecule is CCOC(=O)C1=C(C)N=c2s/c(=C/c3ccc(OC)c(OCC)c3)c(=O)n2[C@H]1c1cccc(OC)c1OCC. The first-order valence-electron chi connectivity index (χ1n) is 12.7. The highest BCUT2D eigenvalue weighted by Crippen LogP contribution is 2.40. The Morgan fingerprint density at radius 1 is 1.00 bits per heavy atom. The number of fused-ring (bicyclic) bond motifs is 1. The van der Waals surface area contributed by atoms with Crippen LogP contribution in [0.4, 0.5) is 0 Å². The highest BCUT2D eigenvalue weighted by molar-refractivity contribution is 7.07. The van der Waals surface area contributed by atoms with Gasteiger partial charge in [0.05, 0.1) is 49.8 Å². The van der Waals surface area contributed by atoms with Crippen LogP contribution >= 0.6 is 11.3 Å². The number of para-hydroxylation sites is 1. The standard InChI is InChI=1S/C29H32N2O7S/c1-7-36-22-15-18(13-14-20(22)34-5)16-23-27(32)31-25(19-11-10-12-21(35-6)26(19)37-8-2)24(28(33)38-9-3)17(4)30-29(31)39-23/h10-16,25H,7-9H2,1-6H3/b23-16+/t25-/m0/s1. The van der Waals surface area contributed by atoms with E-state index in [1.165, 1.54) is 15.9 Å². The van der Waals surface area contributed by atoms with Crippen molar-refractivity contribution in [3.05, 3.63) is 78.5 Å². The predicted octanol–water partition coefficient (Wildman–Crippen LogP) is 3.61. The third-order valence-corrected chi connectivity index (χ3v) is 7.10. The average Bonchev–Trinajstić information content (AvgIpc) is 3.22. The molecule has 1 aromatic heterocycles. The Labute approximate surface area is 230 Å². The molecule has 0 amide bonds. The normalized spacial score (nSPS) is 14.9. The van der Waals surface area contributed by atoms with Crippen LogP contribution in [0, 0.1) is 0 Å². The minimum atomic E-state index is -0.825. The van der Waals surface area contributed by atoms with E-state index in [9.17, 15) is 9.59 Å². The summed E-state index contributed by atoms with van der Waals surface area (Å²) in [6.45, 7) is 8.26. The van der Waals surface area contributed by atoms with Gasteiger partial charge >= 0.3 is 5.97 Å². The molecule has 0 saturated heterocycles. The van der Waals surface area contributed by atoms with Crippen LogP contribution in [0.15, 0.2) is 57.5 Å². The molecule has 0 saturated carbocycles. The highest BCUT2D eigenvalue weighted by atomic mass is 32.1. The Hall–Kier alpha value is -4.05. The number of carbonyl (C=O) groups is 1. The summed E-state index contributed by atoms with van der Waals surface area (Å²) in [4.78, 5) is 32.3. The zero-order valence-electron chi connectivity index (χ0n) is 22.9. The van der Waals surface area contributed by atoms with Crippen LogP contribution in [0.3, 0.4) is 0 Å². The van der Waals surface area contributed by atoms with Gasteiger partial charge in [-0.1, -0.05) is 29.5 Å². The third kappa shape index (κ3) is 5.42. The minimum Gasteiger partial charge on any atom is -0.493 e. The molecule has 0 spiro atoms. The second-order valence-electron chi connectivity index (χ2n) is 8.46. The van der Waals surface area contributed by atoms with E-state index in [2.05, 4.69) is 4.99 Å². The Kier molecular flexibility index (Phi) is 8.75. The Bertz CT molecular complexity index is 1590. The predicted molar refractivity (Wildman–Crippen MR) is 149 cm³/mol. The number of aromatic nitrogens is 1. The molecule has 2 aromatic carbocycles. The van der Waals surface area contributed by atoms with Crippen LogP contribution in [-0.2, 0) is 9.53 Å². The number of nitrogens with zero attached hydrogens (tertiary/aromatic N) is 2. The van der Waals surface area contributed by atoms with Crippen molar-refractivity contribution in [2.45, 2.75) is 33.7 Å². The molecule has 4 rings (SSSR count). The van der Waals surface area contributed by atoms with Gasteiger partial charge < -0.3 is 23.7 Å². The molecule has 206 valence electrons. The smallest absolute Gasteiger partial charge is 0.338 e. The van der Waals surface area contributed by atoms with Crippen LogP contribution in [0.1, 0.15) is 44.9 Å². The van der Waals surface area contributed by atoms with Crippen molar-refractivity contribution in [1.82, 2.24) is 4.57 Å². The number of rotatable bonds is 10. The summed E-state index contributed by atoms with van der Waals surface area (Å²) in [5.41, 5.74) is 1.81. The van der Waals surface area contributed by atoms with Crippen molar-refractivity contribution >= 4 is 23.4 Å². The molecule has 0 radical (unpaired) electrons. The Morgan fingerprint density at radius 2 is 1.74 bits per heavy atom. The number of ether oxygens (including phenoxy) is 5. The molecule has 0 unspecified atom stereocenters. The fraction of sp³-hybridized carbons (Fsp3) is 0.345. The van der Waals surface area contributed by atoms with Crippen LogP contribution in [0.2, 0.25) is 0 Å². The Morgan fingerprint density at radius 3 is 2.41 bits per heavy atom. The van der Waals surface area contributed by atoms with Crippen LogP contribution in [0.25, 0.3) is 6.08 Å². The average molecular weight is 553 g/mol. The molecule has 0 fully saturated rings. The zero-order valence-corrected chi connectivity index (χ0v) is 23.7. The molecule has 1 atom stereocenters. The lowest BCUT2D eigenvalue weighted by molar-refractivity contribution is -0.139. The van der Waals surface area contributed by atoms with Gasteiger partial charge in [-0.05, 0) is 57.5 Å². The van der Waals surface area contributed by atoms with Gasteiger partial charge in [-0.25, -0.2) is 9.79 Å². The van der Waals surface area contributed by atoms with E-state index in [1.54, 1.807) is 52.3 Å². The molecule has 1 aliphatic rings. The zero-order chi connectivity index (χ0) is 28.1. The maximum atomic E-state index is 14.0. The summed E-state index contributed by atoms with van der Waals surface area (Å²) in [6.07, 6.45) is 1.78. The maximum Gasteiger partial charge on any atom is 0.338 e. The van der Waals surface area contributed by atoms with E-state index in [-0.39, 0.29) is 17.7 Å². The van der Waals surface area contributed by atoms with Crippen LogP contribution in [-0.4, -0.2) is 44.6 Å². The fourth-order valence-corrected chi connectivity index (χ4v) is 5.54. The highest BCUT2D eigenvalue weighted by Gasteiger charge is 2.36. The van der Waals surface area contributed by atoms with Gasteiger partial charge in [0.25, 0.3) is 5.56 Å². The molecule has 9 nitrogen and oxygen atoms in total. The lowest BCUT2D eigenvalue weighted by Crippen LogP contribution is -2.40. The second kappa shape index (κ2) is 12.2. The first-order valence-corrected chi connectivity index (χ1v) is 13.5. The molecule has 10 heteroatoms. The van der Waals surface area contributed by atoms with Gasteiger partial charge in [0, 0.05) is 5.56 Å². The largest absolute Gasteiger partial charge is 0.493 e. The first kappa shape index (κ1) is 28.0. The van der Waals surface area contributed by atoms with Gasteiger partial charge in [0.1, 0.15) is 6.04 Å². The molecule has 0 aliphatic carbocycles. The number of carbonyl (C=O) groups excluding carboxylic acids is 1. The molecule has 1 aliphatic heterocycles. The molecule has 39 heavy (non-hydrogen) atoms. The molecular formula is C29H32N2O7S. The van der Waals surface area contributed by atoms with E-state index in [0.717, 1.165) is 5.56 Å². The number of thiazole rings is 1. The Balaban J connectivity index is 1.98. The van der Waals surface area contributed by atoms with E-state index in [1.807, 2.05) is 32.0 Å². The number of benzene rings is 2. The minimum absolute atomic E-state index is 0.183. The summed E-state index contributed by atoms with van der Waals surface area (Å²) in [5, 5.41) is 0. The number of hydrogen-bond donors (Lipinski definition) is 0. The quantitative estimate of drug-likeness (QED) is 0.355. The monoisotopic (exact) mass is 552 g/mol. The number of hydrogen-bond acceptors (Lipinski definition) is 9. The van der Waals surface area contributed by atoms with Gasteiger partial charge in [0.15, 0.2) is 27.8 Å². The summed E-state index contributed by atoms with van der Waals surface area (Å²) < 4.78 is 30.0. The van der Waals surface area contributed by atoms with Crippen molar-refractivity contribution in [1.29, 1.82) is 0 Å². The van der Waals surface area contributed by atoms with Crippen molar-refractivity contribution in [2.75, 3.05) is 34.0 Å². The van der Waals surface area contributed by atoms with Crippen molar-refractivity contribution in [2.24, 2.45) is 4.99 Å². The van der Waals surface area contributed by atoms with E-state index in [0.29, 0.717) is 56.8 Å². The van der Waals surface area contributed by atoms with E-state index >= 15 is 0 Å². The van der Waals surface area contributed by atoms with E-state index < -0.39 is 12.0 Å². The lowest BCUT2D eigenvalue weighted by atomic mass is 9.94. The topological polar surface area (TPSA) is 97.6 Å². The second-order valence-corrected chi connectivity index (χ2v) is 9.47. The van der Waals surface area contributed by atoms with Crippen molar-refractivity contribution in [3.8, 4) is 23.0 Å².